The standard InChI is InChI=1S/C20H26N2O3S/c1-13-8-15(3)20(16(4)9-13)26(23,24)22-17(5)12-25-19-7-6-14(2)18(10-19)11-21/h6-11,17,21-22H,12H2,1-5H3. The minimum atomic E-state index is -3.63. The largest absolute Gasteiger partial charge is 0.492 e. The van der Waals surface area contributed by atoms with Gasteiger partial charge in [-0.3, -0.25) is 0 Å². The summed E-state index contributed by atoms with van der Waals surface area (Å²) in [4.78, 5) is 0.330. The molecule has 0 aliphatic rings. The molecule has 0 radical (unpaired) electrons. The van der Waals surface area contributed by atoms with Crippen molar-refractivity contribution in [3.05, 3.63) is 58.1 Å². The third-order valence-corrected chi connectivity index (χ3v) is 6.03. The molecule has 2 aromatic carbocycles. The number of hydrogen-bond acceptors (Lipinski definition) is 4. The van der Waals surface area contributed by atoms with Crippen LogP contribution in [-0.4, -0.2) is 27.3 Å². The maximum Gasteiger partial charge on any atom is 0.241 e. The molecule has 26 heavy (non-hydrogen) atoms. The van der Waals surface area contributed by atoms with Crippen LogP contribution in [0.1, 0.15) is 34.7 Å². The average Bonchev–Trinajstić information content (AvgIpc) is 2.52. The van der Waals surface area contributed by atoms with Gasteiger partial charge in [0, 0.05) is 6.21 Å². The van der Waals surface area contributed by atoms with Crippen LogP contribution in [0.4, 0.5) is 0 Å². The Morgan fingerprint density at radius 3 is 2.27 bits per heavy atom. The molecule has 6 heteroatoms. The van der Waals surface area contributed by atoms with Crippen LogP contribution >= 0.6 is 0 Å². The summed E-state index contributed by atoms with van der Waals surface area (Å²) in [6, 6.07) is 8.81. The molecule has 2 N–H and O–H groups in total. The normalized spacial score (nSPS) is 12.7. The van der Waals surface area contributed by atoms with Gasteiger partial charge in [-0.25, -0.2) is 13.1 Å². The van der Waals surface area contributed by atoms with Gasteiger partial charge < -0.3 is 10.1 Å². The number of aryl methyl sites for hydroxylation is 4. The molecule has 140 valence electrons. The second-order valence-electron chi connectivity index (χ2n) is 6.72. The molecule has 0 bridgehead atoms. The van der Waals surface area contributed by atoms with E-state index in [2.05, 4.69) is 4.72 Å². The molecule has 0 spiro atoms. The fourth-order valence-corrected chi connectivity index (χ4v) is 4.71. The van der Waals surface area contributed by atoms with E-state index in [1.807, 2.05) is 38.1 Å². The fourth-order valence-electron chi connectivity index (χ4n) is 3.03. The van der Waals surface area contributed by atoms with E-state index >= 15 is 0 Å². The molecule has 0 aliphatic heterocycles. The fraction of sp³-hybridized carbons (Fsp3) is 0.350. The van der Waals surface area contributed by atoms with Crippen LogP contribution in [0.5, 0.6) is 5.75 Å². The second kappa shape index (κ2) is 8.01. The average molecular weight is 375 g/mol. The molecule has 0 fully saturated rings. The van der Waals surface area contributed by atoms with E-state index in [1.54, 1.807) is 26.8 Å². The maximum atomic E-state index is 12.8. The first kappa shape index (κ1) is 20.1. The first-order chi connectivity index (χ1) is 12.1. The van der Waals surface area contributed by atoms with Crippen molar-refractivity contribution in [2.75, 3.05) is 6.61 Å². The summed E-state index contributed by atoms with van der Waals surface area (Å²) in [6.07, 6.45) is 1.28. The lowest BCUT2D eigenvalue weighted by Gasteiger charge is -2.18. The van der Waals surface area contributed by atoms with E-state index in [4.69, 9.17) is 10.1 Å². The molecular formula is C20H26N2O3S. The molecule has 0 aromatic heterocycles. The van der Waals surface area contributed by atoms with E-state index in [9.17, 15) is 8.42 Å². The summed E-state index contributed by atoms with van der Waals surface area (Å²) in [5.41, 5.74) is 4.28. The Morgan fingerprint density at radius 1 is 1.08 bits per heavy atom. The van der Waals surface area contributed by atoms with E-state index in [1.165, 1.54) is 6.21 Å². The SMILES string of the molecule is Cc1cc(C)c(S(=O)(=O)NC(C)COc2ccc(C)c(C=N)c2)c(C)c1. The lowest BCUT2D eigenvalue weighted by atomic mass is 10.1. The van der Waals surface area contributed by atoms with Gasteiger partial charge in [0.1, 0.15) is 12.4 Å². The number of hydrogen-bond donors (Lipinski definition) is 2. The van der Waals surface area contributed by atoms with Gasteiger partial charge in [-0.05, 0) is 69.0 Å². The Labute approximate surface area is 156 Å². The van der Waals surface area contributed by atoms with Crippen molar-refractivity contribution >= 4 is 16.2 Å². The van der Waals surface area contributed by atoms with Crippen LogP contribution < -0.4 is 9.46 Å². The number of ether oxygens (including phenoxy) is 1. The Morgan fingerprint density at radius 2 is 1.69 bits per heavy atom. The van der Waals surface area contributed by atoms with Crippen molar-refractivity contribution < 1.29 is 13.2 Å². The first-order valence-electron chi connectivity index (χ1n) is 8.48. The maximum absolute atomic E-state index is 12.8. The molecule has 2 aromatic rings. The summed E-state index contributed by atoms with van der Waals surface area (Å²) in [5, 5.41) is 7.39. The predicted molar refractivity (Wildman–Crippen MR) is 105 cm³/mol. The van der Waals surface area contributed by atoms with E-state index < -0.39 is 16.1 Å². The highest BCUT2D eigenvalue weighted by Crippen LogP contribution is 2.22. The first-order valence-corrected chi connectivity index (χ1v) is 9.96. The Hall–Kier alpha value is -2.18. The Bertz CT molecular complexity index is 898. The smallest absolute Gasteiger partial charge is 0.241 e. The predicted octanol–water partition coefficient (Wildman–Crippen LogP) is 3.66. The quantitative estimate of drug-likeness (QED) is 0.726. The number of benzene rings is 2. The Kier molecular flexibility index (Phi) is 6.21. The molecular weight excluding hydrogens is 348 g/mol. The lowest BCUT2D eigenvalue weighted by Crippen LogP contribution is -2.37. The minimum Gasteiger partial charge on any atom is -0.492 e. The van der Waals surface area contributed by atoms with Crippen molar-refractivity contribution in [2.45, 2.75) is 45.6 Å². The minimum absolute atomic E-state index is 0.198. The van der Waals surface area contributed by atoms with E-state index in [-0.39, 0.29) is 6.61 Å². The van der Waals surface area contributed by atoms with Gasteiger partial charge >= 0.3 is 0 Å². The summed E-state index contributed by atoms with van der Waals surface area (Å²) in [5.74, 6) is 0.614. The third-order valence-electron chi connectivity index (χ3n) is 4.14. The van der Waals surface area contributed by atoms with Gasteiger partial charge in [0.25, 0.3) is 0 Å². The molecule has 0 saturated heterocycles. The summed E-state index contributed by atoms with van der Waals surface area (Å²) >= 11 is 0. The lowest BCUT2D eigenvalue weighted by molar-refractivity contribution is 0.287. The monoisotopic (exact) mass is 374 g/mol. The van der Waals surface area contributed by atoms with Gasteiger partial charge in [-0.15, -0.1) is 0 Å². The highest BCUT2D eigenvalue weighted by atomic mass is 32.2. The topological polar surface area (TPSA) is 79.2 Å². The third kappa shape index (κ3) is 4.71. The Balaban J connectivity index is 2.10. The van der Waals surface area contributed by atoms with Crippen molar-refractivity contribution in [3.8, 4) is 5.75 Å². The highest BCUT2D eigenvalue weighted by Gasteiger charge is 2.22. The molecule has 0 aliphatic carbocycles. The van der Waals surface area contributed by atoms with Crippen LogP contribution in [0.3, 0.4) is 0 Å². The van der Waals surface area contributed by atoms with Gasteiger partial charge in [-0.2, -0.15) is 0 Å². The molecule has 5 nitrogen and oxygen atoms in total. The zero-order chi connectivity index (χ0) is 19.5. The van der Waals surface area contributed by atoms with Crippen LogP contribution in [-0.2, 0) is 10.0 Å². The summed E-state index contributed by atoms with van der Waals surface area (Å²) in [7, 11) is -3.63. The number of sulfonamides is 1. The van der Waals surface area contributed by atoms with E-state index in [0.29, 0.717) is 10.6 Å². The van der Waals surface area contributed by atoms with Gasteiger partial charge in [-0.1, -0.05) is 23.8 Å². The summed E-state index contributed by atoms with van der Waals surface area (Å²) in [6.45, 7) is 9.45. The van der Waals surface area contributed by atoms with Crippen LogP contribution in [0.25, 0.3) is 0 Å². The van der Waals surface area contributed by atoms with Crippen LogP contribution in [0, 0.1) is 33.1 Å². The number of rotatable bonds is 7. The second-order valence-corrected chi connectivity index (χ2v) is 8.37. The molecule has 1 atom stereocenters. The molecule has 1 unspecified atom stereocenters. The summed E-state index contributed by atoms with van der Waals surface area (Å²) < 4.78 is 33.9. The van der Waals surface area contributed by atoms with Crippen LogP contribution in [0.15, 0.2) is 35.2 Å². The molecule has 0 heterocycles. The van der Waals surface area contributed by atoms with E-state index in [0.717, 1.165) is 27.8 Å². The molecule has 2 rings (SSSR count). The van der Waals surface area contributed by atoms with Gasteiger partial charge in [0.05, 0.1) is 10.9 Å². The van der Waals surface area contributed by atoms with Crippen molar-refractivity contribution in [1.29, 1.82) is 5.41 Å². The van der Waals surface area contributed by atoms with Crippen LogP contribution in [0.2, 0.25) is 0 Å². The highest BCUT2D eigenvalue weighted by molar-refractivity contribution is 7.89. The van der Waals surface area contributed by atoms with Crippen molar-refractivity contribution in [1.82, 2.24) is 4.72 Å². The van der Waals surface area contributed by atoms with Crippen molar-refractivity contribution in [3.63, 3.8) is 0 Å². The number of nitrogens with one attached hydrogen (secondary N) is 2. The zero-order valence-corrected chi connectivity index (χ0v) is 16.7. The molecule has 0 saturated carbocycles. The zero-order valence-electron chi connectivity index (χ0n) is 15.9. The van der Waals surface area contributed by atoms with Crippen molar-refractivity contribution in [2.24, 2.45) is 0 Å². The van der Waals surface area contributed by atoms with Gasteiger partial charge in [0.2, 0.25) is 10.0 Å². The van der Waals surface area contributed by atoms with Gasteiger partial charge in [0.15, 0.2) is 0 Å². The molecule has 0 amide bonds.